The highest BCUT2D eigenvalue weighted by molar-refractivity contribution is 6.03. The maximum Gasteiger partial charge on any atom is 0.342 e. The number of rotatable bonds is 2. The standard InChI is InChI=1S/C17H16FN3O/c1-12-11-16(13-5-3-2-4-6-13)20-21(12)17(22)19-15-9-7-14(18)8-10-15/h2-10,12H,11H2,1H3,(H,19,22). The molecule has 1 aliphatic heterocycles. The smallest absolute Gasteiger partial charge is 0.306 e. The number of anilines is 1. The molecule has 0 spiro atoms. The van der Waals surface area contributed by atoms with Crippen molar-refractivity contribution in [1.29, 1.82) is 0 Å². The van der Waals surface area contributed by atoms with Gasteiger partial charge in [0.05, 0.1) is 11.8 Å². The normalized spacial score (nSPS) is 17.3. The van der Waals surface area contributed by atoms with E-state index in [0.29, 0.717) is 12.1 Å². The van der Waals surface area contributed by atoms with Gasteiger partial charge in [-0.3, -0.25) is 0 Å². The van der Waals surface area contributed by atoms with E-state index in [1.54, 1.807) is 0 Å². The summed E-state index contributed by atoms with van der Waals surface area (Å²) in [5.74, 6) is -0.336. The number of halogens is 1. The molecule has 1 aliphatic rings. The highest BCUT2D eigenvalue weighted by Gasteiger charge is 2.28. The van der Waals surface area contributed by atoms with Crippen LogP contribution in [0.25, 0.3) is 0 Å². The maximum atomic E-state index is 12.9. The number of hydrogen-bond acceptors (Lipinski definition) is 2. The molecule has 2 amide bonds. The quantitative estimate of drug-likeness (QED) is 0.899. The van der Waals surface area contributed by atoms with Crippen molar-refractivity contribution >= 4 is 17.4 Å². The molecular weight excluding hydrogens is 281 g/mol. The average Bonchev–Trinajstić information content (AvgIpc) is 2.92. The number of carbonyl (C=O) groups is 1. The molecule has 0 fully saturated rings. The summed E-state index contributed by atoms with van der Waals surface area (Å²) < 4.78 is 12.9. The van der Waals surface area contributed by atoms with Crippen LogP contribution in [-0.2, 0) is 0 Å². The van der Waals surface area contributed by atoms with Crippen molar-refractivity contribution in [2.45, 2.75) is 19.4 Å². The van der Waals surface area contributed by atoms with Gasteiger partial charge in [-0.1, -0.05) is 30.3 Å². The fourth-order valence-corrected chi connectivity index (χ4v) is 2.40. The van der Waals surface area contributed by atoms with Crippen LogP contribution in [0.15, 0.2) is 59.7 Å². The van der Waals surface area contributed by atoms with Crippen LogP contribution in [-0.4, -0.2) is 22.8 Å². The Labute approximate surface area is 128 Å². The molecule has 1 heterocycles. The molecule has 5 heteroatoms. The number of amides is 2. The lowest BCUT2D eigenvalue weighted by molar-refractivity contribution is 0.204. The van der Waals surface area contributed by atoms with E-state index in [2.05, 4.69) is 10.4 Å². The van der Waals surface area contributed by atoms with Gasteiger partial charge in [-0.2, -0.15) is 5.10 Å². The Bertz CT molecular complexity index is 698. The molecule has 2 aromatic carbocycles. The molecule has 0 saturated carbocycles. The SMILES string of the molecule is CC1CC(c2ccccc2)=NN1C(=O)Nc1ccc(F)cc1. The van der Waals surface area contributed by atoms with Gasteiger partial charge in [0.15, 0.2) is 0 Å². The zero-order valence-electron chi connectivity index (χ0n) is 12.2. The zero-order valence-corrected chi connectivity index (χ0v) is 12.2. The van der Waals surface area contributed by atoms with Crippen LogP contribution in [0.2, 0.25) is 0 Å². The van der Waals surface area contributed by atoms with Gasteiger partial charge >= 0.3 is 6.03 Å². The minimum Gasteiger partial charge on any atom is -0.306 e. The lowest BCUT2D eigenvalue weighted by atomic mass is 10.1. The molecule has 0 radical (unpaired) electrons. The van der Waals surface area contributed by atoms with Crippen LogP contribution >= 0.6 is 0 Å². The van der Waals surface area contributed by atoms with E-state index in [9.17, 15) is 9.18 Å². The van der Waals surface area contributed by atoms with Crippen LogP contribution in [0.4, 0.5) is 14.9 Å². The largest absolute Gasteiger partial charge is 0.342 e. The van der Waals surface area contributed by atoms with Gasteiger partial charge < -0.3 is 5.32 Å². The Morgan fingerprint density at radius 2 is 1.86 bits per heavy atom. The summed E-state index contributed by atoms with van der Waals surface area (Å²) in [6.07, 6.45) is 0.709. The minimum atomic E-state index is -0.336. The Kier molecular flexibility index (Phi) is 3.87. The summed E-state index contributed by atoms with van der Waals surface area (Å²) in [6.45, 7) is 1.95. The summed E-state index contributed by atoms with van der Waals surface area (Å²) in [4.78, 5) is 12.3. The van der Waals surface area contributed by atoms with Crippen molar-refractivity contribution in [3.8, 4) is 0 Å². The van der Waals surface area contributed by atoms with Crippen LogP contribution in [0, 0.1) is 5.82 Å². The number of urea groups is 1. The predicted octanol–water partition coefficient (Wildman–Crippen LogP) is 3.86. The van der Waals surface area contributed by atoms with Crippen LogP contribution in [0.5, 0.6) is 0 Å². The number of nitrogens with zero attached hydrogens (tertiary/aromatic N) is 2. The Morgan fingerprint density at radius 1 is 1.18 bits per heavy atom. The minimum absolute atomic E-state index is 0.0179. The highest BCUT2D eigenvalue weighted by Crippen LogP contribution is 2.21. The summed E-state index contributed by atoms with van der Waals surface area (Å²) in [5.41, 5.74) is 2.45. The molecule has 22 heavy (non-hydrogen) atoms. The van der Waals surface area contributed by atoms with E-state index in [4.69, 9.17) is 0 Å². The molecule has 3 rings (SSSR count). The lowest BCUT2D eigenvalue weighted by Crippen LogP contribution is -2.34. The summed E-state index contributed by atoms with van der Waals surface area (Å²) >= 11 is 0. The molecule has 2 aromatic rings. The maximum absolute atomic E-state index is 12.9. The molecule has 1 atom stereocenters. The number of hydrazone groups is 1. The van der Waals surface area contributed by atoms with Gasteiger partial charge in [0.25, 0.3) is 0 Å². The first-order valence-electron chi connectivity index (χ1n) is 7.12. The predicted molar refractivity (Wildman–Crippen MR) is 84.3 cm³/mol. The summed E-state index contributed by atoms with van der Waals surface area (Å²) in [7, 11) is 0. The topological polar surface area (TPSA) is 44.7 Å². The van der Waals surface area contributed by atoms with Crippen LogP contribution in [0.1, 0.15) is 18.9 Å². The summed E-state index contributed by atoms with van der Waals surface area (Å²) in [6, 6.07) is 15.1. The number of carbonyl (C=O) groups excluding carboxylic acids is 1. The van der Waals surface area contributed by atoms with Gasteiger partial charge in [0.2, 0.25) is 0 Å². The van der Waals surface area contributed by atoms with E-state index in [0.717, 1.165) is 11.3 Å². The molecule has 0 saturated heterocycles. The molecule has 1 N–H and O–H groups in total. The Hall–Kier alpha value is -2.69. The van der Waals surface area contributed by atoms with Crippen molar-refractivity contribution in [2.75, 3.05) is 5.32 Å². The van der Waals surface area contributed by atoms with Crippen molar-refractivity contribution in [3.63, 3.8) is 0 Å². The Balaban J connectivity index is 1.75. The van der Waals surface area contributed by atoms with E-state index in [1.807, 2.05) is 37.3 Å². The van der Waals surface area contributed by atoms with Crippen molar-refractivity contribution in [3.05, 3.63) is 66.0 Å². The van der Waals surface area contributed by atoms with E-state index >= 15 is 0 Å². The molecule has 1 unspecified atom stereocenters. The number of nitrogens with one attached hydrogen (secondary N) is 1. The van der Waals surface area contributed by atoms with E-state index in [-0.39, 0.29) is 17.9 Å². The van der Waals surface area contributed by atoms with E-state index < -0.39 is 0 Å². The second-order valence-corrected chi connectivity index (χ2v) is 5.25. The lowest BCUT2D eigenvalue weighted by Gasteiger charge is -2.18. The van der Waals surface area contributed by atoms with Crippen LogP contribution < -0.4 is 5.32 Å². The average molecular weight is 297 g/mol. The molecular formula is C17H16FN3O. The third-order valence-corrected chi connectivity index (χ3v) is 3.55. The van der Waals surface area contributed by atoms with Gasteiger partial charge in [0.1, 0.15) is 5.82 Å². The number of benzene rings is 2. The van der Waals surface area contributed by atoms with Gasteiger partial charge in [-0.05, 0) is 36.8 Å². The van der Waals surface area contributed by atoms with E-state index in [1.165, 1.54) is 29.3 Å². The molecule has 112 valence electrons. The number of hydrogen-bond donors (Lipinski definition) is 1. The molecule has 0 aromatic heterocycles. The first kappa shape index (κ1) is 14.3. The summed E-state index contributed by atoms with van der Waals surface area (Å²) in [5, 5.41) is 8.58. The first-order chi connectivity index (χ1) is 10.6. The van der Waals surface area contributed by atoms with Crippen molar-refractivity contribution in [2.24, 2.45) is 5.10 Å². The second kappa shape index (κ2) is 5.97. The van der Waals surface area contributed by atoms with Crippen LogP contribution in [0.3, 0.4) is 0 Å². The van der Waals surface area contributed by atoms with Gasteiger partial charge in [-0.25, -0.2) is 14.2 Å². The third-order valence-electron chi connectivity index (χ3n) is 3.55. The molecule has 4 nitrogen and oxygen atoms in total. The zero-order chi connectivity index (χ0) is 15.5. The van der Waals surface area contributed by atoms with Gasteiger partial charge in [0, 0.05) is 12.1 Å². The first-order valence-corrected chi connectivity index (χ1v) is 7.12. The van der Waals surface area contributed by atoms with Gasteiger partial charge in [-0.15, -0.1) is 0 Å². The van der Waals surface area contributed by atoms with Crippen molar-refractivity contribution in [1.82, 2.24) is 5.01 Å². The molecule has 0 bridgehead atoms. The fourth-order valence-electron chi connectivity index (χ4n) is 2.40. The Morgan fingerprint density at radius 3 is 2.55 bits per heavy atom. The second-order valence-electron chi connectivity index (χ2n) is 5.25. The van der Waals surface area contributed by atoms with Crippen molar-refractivity contribution < 1.29 is 9.18 Å². The third kappa shape index (κ3) is 2.98. The monoisotopic (exact) mass is 297 g/mol. The fraction of sp³-hybridized carbons (Fsp3) is 0.176. The molecule has 0 aliphatic carbocycles. The highest BCUT2D eigenvalue weighted by atomic mass is 19.1.